The molecule has 0 aromatic carbocycles. The molecule has 0 saturated heterocycles. The van der Waals surface area contributed by atoms with Gasteiger partial charge in [0.15, 0.2) is 0 Å². The van der Waals surface area contributed by atoms with E-state index in [1.807, 2.05) is 6.07 Å². The Morgan fingerprint density at radius 1 is 1.57 bits per heavy atom. The van der Waals surface area contributed by atoms with Crippen LogP contribution in [-0.4, -0.2) is 6.04 Å². The molecule has 3 unspecified atom stereocenters. The van der Waals surface area contributed by atoms with Crippen molar-refractivity contribution in [3.63, 3.8) is 0 Å². The van der Waals surface area contributed by atoms with Crippen LogP contribution in [0.5, 0.6) is 0 Å². The van der Waals surface area contributed by atoms with Crippen LogP contribution >= 0.6 is 0 Å². The smallest absolute Gasteiger partial charge is 0.0935 e. The SMILES string of the molecule is CC1CCCC1C(N)Cc1ccoc1. The average molecular weight is 193 g/mol. The predicted molar refractivity (Wildman–Crippen MR) is 56.9 cm³/mol. The van der Waals surface area contributed by atoms with Gasteiger partial charge in [0, 0.05) is 6.04 Å². The lowest BCUT2D eigenvalue weighted by atomic mass is 9.88. The van der Waals surface area contributed by atoms with Gasteiger partial charge in [-0.1, -0.05) is 19.8 Å². The molecule has 0 amide bonds. The Balaban J connectivity index is 1.92. The zero-order valence-corrected chi connectivity index (χ0v) is 8.78. The van der Waals surface area contributed by atoms with E-state index in [4.69, 9.17) is 10.2 Å². The first-order valence-electron chi connectivity index (χ1n) is 5.54. The third-order valence-electron chi connectivity index (χ3n) is 3.53. The second kappa shape index (κ2) is 4.18. The van der Waals surface area contributed by atoms with E-state index in [0.717, 1.165) is 12.3 Å². The largest absolute Gasteiger partial charge is 0.472 e. The van der Waals surface area contributed by atoms with Crippen molar-refractivity contribution in [3.8, 4) is 0 Å². The van der Waals surface area contributed by atoms with Gasteiger partial charge in [0.2, 0.25) is 0 Å². The van der Waals surface area contributed by atoms with Gasteiger partial charge in [-0.05, 0) is 36.3 Å². The first-order chi connectivity index (χ1) is 6.77. The summed E-state index contributed by atoms with van der Waals surface area (Å²) in [7, 11) is 0. The summed E-state index contributed by atoms with van der Waals surface area (Å²) in [6.07, 6.45) is 8.50. The van der Waals surface area contributed by atoms with E-state index in [1.54, 1.807) is 12.5 Å². The maximum atomic E-state index is 6.22. The van der Waals surface area contributed by atoms with Crippen molar-refractivity contribution in [2.75, 3.05) is 0 Å². The number of furan rings is 1. The maximum Gasteiger partial charge on any atom is 0.0935 e. The average Bonchev–Trinajstić information content (AvgIpc) is 2.75. The van der Waals surface area contributed by atoms with E-state index in [0.29, 0.717) is 12.0 Å². The van der Waals surface area contributed by atoms with Crippen molar-refractivity contribution in [2.45, 2.75) is 38.6 Å². The summed E-state index contributed by atoms with van der Waals surface area (Å²) in [6.45, 7) is 2.33. The van der Waals surface area contributed by atoms with Gasteiger partial charge in [0.25, 0.3) is 0 Å². The Hall–Kier alpha value is -0.760. The third-order valence-corrected chi connectivity index (χ3v) is 3.53. The fourth-order valence-corrected chi connectivity index (χ4v) is 2.64. The van der Waals surface area contributed by atoms with Gasteiger partial charge < -0.3 is 10.2 Å². The highest BCUT2D eigenvalue weighted by molar-refractivity contribution is 5.08. The van der Waals surface area contributed by atoms with E-state index >= 15 is 0 Å². The topological polar surface area (TPSA) is 39.2 Å². The van der Waals surface area contributed by atoms with Gasteiger partial charge in [0.05, 0.1) is 12.5 Å². The van der Waals surface area contributed by atoms with Crippen LogP contribution in [0.15, 0.2) is 23.0 Å². The molecule has 0 aliphatic heterocycles. The first-order valence-corrected chi connectivity index (χ1v) is 5.54. The summed E-state index contributed by atoms with van der Waals surface area (Å²) in [5.41, 5.74) is 7.45. The van der Waals surface area contributed by atoms with Crippen molar-refractivity contribution >= 4 is 0 Å². The molecule has 14 heavy (non-hydrogen) atoms. The quantitative estimate of drug-likeness (QED) is 0.801. The molecule has 0 spiro atoms. The van der Waals surface area contributed by atoms with Crippen molar-refractivity contribution in [1.82, 2.24) is 0 Å². The normalized spacial score (nSPS) is 29.3. The number of hydrogen-bond donors (Lipinski definition) is 1. The molecule has 1 saturated carbocycles. The van der Waals surface area contributed by atoms with Gasteiger partial charge in [0.1, 0.15) is 0 Å². The molecule has 1 aliphatic rings. The second-order valence-corrected chi connectivity index (χ2v) is 4.57. The number of rotatable bonds is 3. The minimum atomic E-state index is 0.310. The lowest BCUT2D eigenvalue weighted by molar-refractivity contribution is 0.342. The van der Waals surface area contributed by atoms with Crippen LogP contribution in [0.1, 0.15) is 31.7 Å². The van der Waals surface area contributed by atoms with Gasteiger partial charge >= 0.3 is 0 Å². The maximum absolute atomic E-state index is 6.22. The molecule has 78 valence electrons. The lowest BCUT2D eigenvalue weighted by Crippen LogP contribution is -2.33. The standard InChI is InChI=1S/C12H19NO/c1-9-3-2-4-11(9)12(13)7-10-5-6-14-8-10/h5-6,8-9,11-12H,2-4,7,13H2,1H3. The van der Waals surface area contributed by atoms with E-state index < -0.39 is 0 Å². The van der Waals surface area contributed by atoms with E-state index in [2.05, 4.69) is 6.92 Å². The minimum absolute atomic E-state index is 0.310. The minimum Gasteiger partial charge on any atom is -0.472 e. The monoisotopic (exact) mass is 193 g/mol. The summed E-state index contributed by atoms with van der Waals surface area (Å²) >= 11 is 0. The third kappa shape index (κ3) is 2.01. The predicted octanol–water partition coefficient (Wildman–Crippen LogP) is 2.59. The van der Waals surface area contributed by atoms with Crippen LogP contribution in [0.3, 0.4) is 0 Å². The van der Waals surface area contributed by atoms with Crippen LogP contribution in [0.4, 0.5) is 0 Å². The molecule has 1 fully saturated rings. The molecule has 2 nitrogen and oxygen atoms in total. The van der Waals surface area contributed by atoms with Crippen molar-refractivity contribution in [3.05, 3.63) is 24.2 Å². The summed E-state index contributed by atoms with van der Waals surface area (Å²) in [4.78, 5) is 0. The number of hydrogen-bond acceptors (Lipinski definition) is 2. The summed E-state index contributed by atoms with van der Waals surface area (Å²) < 4.78 is 5.05. The van der Waals surface area contributed by atoms with Gasteiger partial charge in [-0.15, -0.1) is 0 Å². The molecule has 1 aromatic heterocycles. The van der Waals surface area contributed by atoms with Crippen molar-refractivity contribution in [2.24, 2.45) is 17.6 Å². The summed E-state index contributed by atoms with van der Waals surface area (Å²) in [5, 5.41) is 0. The highest BCUT2D eigenvalue weighted by Crippen LogP contribution is 2.33. The van der Waals surface area contributed by atoms with Gasteiger partial charge in [-0.25, -0.2) is 0 Å². The fraction of sp³-hybridized carbons (Fsp3) is 0.667. The van der Waals surface area contributed by atoms with E-state index in [1.165, 1.54) is 24.8 Å². The Labute approximate surface area is 85.5 Å². The van der Waals surface area contributed by atoms with Gasteiger partial charge in [-0.2, -0.15) is 0 Å². The van der Waals surface area contributed by atoms with Crippen LogP contribution in [-0.2, 0) is 6.42 Å². The lowest BCUT2D eigenvalue weighted by Gasteiger charge is -2.22. The van der Waals surface area contributed by atoms with Crippen molar-refractivity contribution in [1.29, 1.82) is 0 Å². The highest BCUT2D eigenvalue weighted by Gasteiger charge is 2.28. The molecular formula is C12H19NO. The Kier molecular flexibility index (Phi) is 2.92. The van der Waals surface area contributed by atoms with E-state index in [9.17, 15) is 0 Å². The zero-order valence-electron chi connectivity index (χ0n) is 8.78. The molecule has 0 radical (unpaired) electrons. The first kappa shape index (κ1) is 9.78. The molecule has 2 heteroatoms. The second-order valence-electron chi connectivity index (χ2n) is 4.57. The Morgan fingerprint density at radius 3 is 3.00 bits per heavy atom. The van der Waals surface area contributed by atoms with Gasteiger partial charge in [-0.3, -0.25) is 0 Å². The molecule has 0 bridgehead atoms. The Morgan fingerprint density at radius 2 is 2.43 bits per heavy atom. The molecule has 3 atom stereocenters. The summed E-state index contributed by atoms with van der Waals surface area (Å²) in [5.74, 6) is 1.52. The molecule has 1 heterocycles. The molecular weight excluding hydrogens is 174 g/mol. The van der Waals surface area contributed by atoms with Crippen LogP contribution in [0.2, 0.25) is 0 Å². The molecule has 2 rings (SSSR count). The molecule has 1 aromatic rings. The highest BCUT2D eigenvalue weighted by atomic mass is 16.3. The van der Waals surface area contributed by atoms with Crippen LogP contribution < -0.4 is 5.73 Å². The number of nitrogens with two attached hydrogens (primary N) is 1. The van der Waals surface area contributed by atoms with Crippen LogP contribution in [0.25, 0.3) is 0 Å². The summed E-state index contributed by atoms with van der Waals surface area (Å²) in [6, 6.07) is 2.32. The molecule has 1 aliphatic carbocycles. The molecule has 2 N–H and O–H groups in total. The Bertz CT molecular complexity index is 268. The van der Waals surface area contributed by atoms with Crippen LogP contribution in [0, 0.1) is 11.8 Å². The zero-order chi connectivity index (χ0) is 9.97. The van der Waals surface area contributed by atoms with E-state index in [-0.39, 0.29) is 0 Å². The fourth-order valence-electron chi connectivity index (χ4n) is 2.64. The van der Waals surface area contributed by atoms with Crippen molar-refractivity contribution < 1.29 is 4.42 Å².